The number of carbonyl (C=O) groups excluding carboxylic acids is 1. The average molecular weight is 652 g/mol. The Hall–Kier alpha value is -2.63. The second kappa shape index (κ2) is 12.5. The Kier molecular flexibility index (Phi) is 9.64. The Balaban J connectivity index is 1.53. The summed E-state index contributed by atoms with van der Waals surface area (Å²) in [6, 6.07) is 6.61. The van der Waals surface area contributed by atoms with Gasteiger partial charge >= 0.3 is 29.4 Å². The fourth-order valence-corrected chi connectivity index (χ4v) is 7.23. The number of phosphoric acid groups is 3. The lowest BCUT2D eigenvalue weighted by molar-refractivity contribution is -0.152. The largest absolute Gasteiger partial charge is 0.490 e. The van der Waals surface area contributed by atoms with Crippen molar-refractivity contribution in [1.29, 1.82) is 0 Å². The molecular formula is C20H27N6O13P3. The van der Waals surface area contributed by atoms with Crippen LogP contribution in [0.3, 0.4) is 0 Å². The molecule has 19 nitrogen and oxygen atoms in total. The molecule has 4 unspecified atom stereocenters. The van der Waals surface area contributed by atoms with Gasteiger partial charge in [-0.05, 0) is 18.1 Å². The molecule has 22 heteroatoms. The van der Waals surface area contributed by atoms with Gasteiger partial charge in [0.15, 0.2) is 11.5 Å². The quantitative estimate of drug-likeness (QED) is 0.118. The van der Waals surface area contributed by atoms with E-state index in [1.807, 2.05) is 0 Å². The van der Waals surface area contributed by atoms with Crippen LogP contribution >= 0.6 is 23.5 Å². The van der Waals surface area contributed by atoms with E-state index < -0.39 is 54.5 Å². The van der Waals surface area contributed by atoms with E-state index >= 15 is 0 Å². The fourth-order valence-electron chi connectivity index (χ4n) is 4.20. The van der Waals surface area contributed by atoms with Gasteiger partial charge in [-0.25, -0.2) is 28.6 Å². The van der Waals surface area contributed by atoms with Crippen LogP contribution in [0, 0.1) is 0 Å². The van der Waals surface area contributed by atoms with E-state index in [0.29, 0.717) is 5.56 Å². The van der Waals surface area contributed by atoms with E-state index in [-0.39, 0.29) is 35.9 Å². The third-order valence-electron chi connectivity index (χ3n) is 5.86. The normalized spacial score (nSPS) is 22.9. The highest BCUT2D eigenvalue weighted by atomic mass is 31.3. The van der Waals surface area contributed by atoms with E-state index in [1.54, 1.807) is 31.2 Å². The van der Waals surface area contributed by atoms with Crippen LogP contribution in [-0.2, 0) is 47.5 Å². The van der Waals surface area contributed by atoms with E-state index in [9.17, 15) is 28.3 Å². The van der Waals surface area contributed by atoms with Gasteiger partial charge < -0.3 is 40.5 Å². The maximum absolute atomic E-state index is 13.0. The molecule has 1 aliphatic rings. The first-order valence-electron chi connectivity index (χ1n) is 11.9. The van der Waals surface area contributed by atoms with E-state index in [2.05, 4.69) is 23.6 Å². The number of rotatable bonds is 12. The molecule has 0 radical (unpaired) electrons. The SMILES string of the molecule is CC(N)c1ccccc1CC(=O)O[C@@H]1C[C@H](n2cnc3c(N)ncnc32)OC1COP(=O)(O)OP(=O)(O)OP(=O)(O)O. The summed E-state index contributed by atoms with van der Waals surface area (Å²) in [4.78, 5) is 61.8. The first kappa shape index (κ1) is 32.3. The highest BCUT2D eigenvalue weighted by molar-refractivity contribution is 7.66. The maximum Gasteiger partial charge on any atom is 0.490 e. The molecule has 0 bridgehead atoms. The number of nitrogens with zero attached hydrogens (tertiary/aromatic N) is 4. The number of hydrogen-bond acceptors (Lipinski definition) is 14. The van der Waals surface area contributed by atoms with Crippen molar-refractivity contribution in [2.24, 2.45) is 5.73 Å². The van der Waals surface area contributed by atoms with Crippen LogP contribution in [0.15, 0.2) is 36.9 Å². The summed E-state index contributed by atoms with van der Waals surface area (Å²) in [6.45, 7) is 0.905. The highest BCUT2D eigenvalue weighted by Crippen LogP contribution is 2.66. The van der Waals surface area contributed by atoms with E-state index in [1.165, 1.54) is 17.2 Å². The second-order valence-corrected chi connectivity index (χ2v) is 13.4. The van der Waals surface area contributed by atoms with Gasteiger partial charge in [0.25, 0.3) is 0 Å². The van der Waals surface area contributed by atoms with Crippen molar-refractivity contribution in [2.75, 3.05) is 12.3 Å². The summed E-state index contributed by atoms with van der Waals surface area (Å²) in [6.07, 6.45) is -0.917. The molecule has 42 heavy (non-hydrogen) atoms. The maximum atomic E-state index is 13.0. The van der Waals surface area contributed by atoms with Gasteiger partial charge in [0.05, 0.1) is 19.4 Å². The molecule has 6 atom stereocenters. The van der Waals surface area contributed by atoms with Gasteiger partial charge in [0, 0.05) is 12.5 Å². The minimum Gasteiger partial charge on any atom is -0.459 e. The molecule has 0 saturated carbocycles. The predicted molar refractivity (Wildman–Crippen MR) is 141 cm³/mol. The zero-order valence-corrected chi connectivity index (χ0v) is 24.3. The number of benzene rings is 1. The summed E-state index contributed by atoms with van der Waals surface area (Å²) in [7, 11) is -16.8. The van der Waals surface area contributed by atoms with Gasteiger partial charge in [-0.1, -0.05) is 24.3 Å². The van der Waals surface area contributed by atoms with Crippen molar-refractivity contribution in [3.63, 3.8) is 0 Å². The van der Waals surface area contributed by atoms with Crippen molar-refractivity contribution in [2.45, 2.75) is 44.2 Å². The standard InChI is InChI=1S/C20H27N6O13P3/c1-11(21)13-5-3-2-4-12(13)6-17(27)37-14-7-16(26-10-25-18-19(22)23-9-24-20(18)26)36-15(14)8-35-41(31,32)39-42(33,34)38-40(28,29)30/h2-5,9-11,14-16H,6-8,21H2,1H3,(H,31,32)(H,33,34)(H2,22,23,24)(H2,28,29,30)/t11?,14-,15?,16-/m1/s1. The number of nitrogen functional groups attached to an aromatic ring is 1. The molecule has 8 N–H and O–H groups in total. The average Bonchev–Trinajstić information content (AvgIpc) is 3.45. The molecule has 0 spiro atoms. The molecule has 3 heterocycles. The van der Waals surface area contributed by atoms with Gasteiger partial charge in [-0.3, -0.25) is 13.9 Å². The monoisotopic (exact) mass is 652 g/mol. The number of hydrogen-bond donors (Lipinski definition) is 6. The van der Waals surface area contributed by atoms with Crippen LogP contribution in [0.4, 0.5) is 5.82 Å². The van der Waals surface area contributed by atoms with Crippen LogP contribution < -0.4 is 11.5 Å². The Morgan fingerprint density at radius 1 is 1.12 bits per heavy atom. The van der Waals surface area contributed by atoms with Crippen LogP contribution in [0.2, 0.25) is 0 Å². The zero-order valence-electron chi connectivity index (χ0n) is 21.6. The van der Waals surface area contributed by atoms with Crippen molar-refractivity contribution in [3.05, 3.63) is 48.0 Å². The van der Waals surface area contributed by atoms with Crippen molar-refractivity contribution < 1.29 is 60.7 Å². The van der Waals surface area contributed by atoms with Gasteiger partial charge in [0.2, 0.25) is 0 Å². The molecule has 0 aliphatic carbocycles. The number of carbonyl (C=O) groups is 1. The van der Waals surface area contributed by atoms with E-state index in [0.717, 1.165) is 5.56 Å². The van der Waals surface area contributed by atoms with Crippen molar-refractivity contribution in [3.8, 4) is 0 Å². The summed E-state index contributed by atoms with van der Waals surface area (Å²) in [5.74, 6) is -0.598. The molecule has 1 aliphatic heterocycles. The molecular weight excluding hydrogens is 625 g/mol. The topological polar surface area (TPSA) is 291 Å². The van der Waals surface area contributed by atoms with Crippen molar-refractivity contribution >= 4 is 46.4 Å². The summed E-state index contributed by atoms with van der Waals surface area (Å²) >= 11 is 0. The van der Waals surface area contributed by atoms with Gasteiger partial charge in [-0.15, -0.1) is 0 Å². The first-order chi connectivity index (χ1) is 19.5. The number of esters is 1. The number of imidazole rings is 1. The van der Waals surface area contributed by atoms with Crippen LogP contribution in [0.25, 0.3) is 11.2 Å². The van der Waals surface area contributed by atoms with Crippen molar-refractivity contribution in [1.82, 2.24) is 19.5 Å². The van der Waals surface area contributed by atoms with Crippen LogP contribution in [-0.4, -0.2) is 63.9 Å². The van der Waals surface area contributed by atoms with Gasteiger partial charge in [0.1, 0.15) is 30.3 Å². The predicted octanol–water partition coefficient (Wildman–Crippen LogP) is 1.21. The minimum atomic E-state index is -5.75. The van der Waals surface area contributed by atoms with Crippen LogP contribution in [0.1, 0.15) is 36.7 Å². The first-order valence-corrected chi connectivity index (χ1v) is 16.5. The molecule has 1 aromatic carbocycles. The lowest BCUT2D eigenvalue weighted by Gasteiger charge is -2.21. The number of anilines is 1. The molecule has 1 fully saturated rings. The number of aromatic nitrogens is 4. The smallest absolute Gasteiger partial charge is 0.459 e. The van der Waals surface area contributed by atoms with Gasteiger partial charge in [-0.2, -0.15) is 8.62 Å². The Bertz CT molecular complexity index is 1600. The third kappa shape index (κ3) is 8.26. The Morgan fingerprint density at radius 3 is 2.52 bits per heavy atom. The molecule has 230 valence electrons. The Morgan fingerprint density at radius 2 is 1.83 bits per heavy atom. The summed E-state index contributed by atoms with van der Waals surface area (Å²) < 4.78 is 60.0. The number of ether oxygens (including phenoxy) is 2. The molecule has 1 saturated heterocycles. The summed E-state index contributed by atoms with van der Waals surface area (Å²) in [5, 5.41) is 0. The van der Waals surface area contributed by atoms with E-state index in [4.69, 9.17) is 35.3 Å². The lowest BCUT2D eigenvalue weighted by atomic mass is 10.00. The molecule has 2 aromatic heterocycles. The molecule has 0 amide bonds. The minimum absolute atomic E-state index is 0.0273. The third-order valence-corrected chi connectivity index (χ3v) is 9.66. The fraction of sp³-hybridized carbons (Fsp3) is 0.400. The summed E-state index contributed by atoms with van der Waals surface area (Å²) in [5.41, 5.74) is 13.7. The lowest BCUT2D eigenvalue weighted by Crippen LogP contribution is -2.31. The Labute approximate surface area is 237 Å². The zero-order chi connectivity index (χ0) is 30.9. The second-order valence-electron chi connectivity index (χ2n) is 9.03. The number of nitrogens with two attached hydrogens (primary N) is 2. The molecule has 3 aromatic rings. The molecule has 4 rings (SSSR count). The number of fused-ring (bicyclic) bond motifs is 1. The van der Waals surface area contributed by atoms with Crippen LogP contribution in [0.5, 0.6) is 0 Å². The number of phosphoric ester groups is 1. The highest BCUT2D eigenvalue weighted by Gasteiger charge is 2.44.